The minimum Gasteiger partial charge on any atom is -0.339 e. The van der Waals surface area contributed by atoms with Gasteiger partial charge in [0.15, 0.2) is 0 Å². The number of terminal acetylenes is 1. The maximum atomic E-state index is 11.8. The molecule has 1 fully saturated rings. The van der Waals surface area contributed by atoms with Crippen LogP contribution in [0.25, 0.3) is 0 Å². The van der Waals surface area contributed by atoms with Crippen molar-refractivity contribution in [1.29, 1.82) is 0 Å². The van der Waals surface area contributed by atoms with E-state index in [0.29, 0.717) is 0 Å². The Bertz CT molecular complexity index is 253. The molecule has 0 aromatic heterocycles. The highest BCUT2D eigenvalue weighted by molar-refractivity contribution is 8.00. The molecular weight excluding hydrogens is 194 g/mol. The van der Waals surface area contributed by atoms with Gasteiger partial charge in [0.25, 0.3) is 0 Å². The minimum atomic E-state index is -0.472. The molecule has 2 nitrogen and oxygen atoms in total. The smallest absolute Gasteiger partial charge is 0.234 e. The SMILES string of the molecule is C#CC(C)(CC)NC(=O)C1CCCS1. The van der Waals surface area contributed by atoms with E-state index in [-0.39, 0.29) is 11.2 Å². The number of hydrogen-bond donors (Lipinski definition) is 1. The molecule has 0 spiro atoms. The molecule has 2 unspecified atom stereocenters. The summed E-state index contributed by atoms with van der Waals surface area (Å²) in [6, 6.07) is 0. The summed E-state index contributed by atoms with van der Waals surface area (Å²) in [7, 11) is 0. The second-order valence-corrected chi connectivity index (χ2v) is 5.13. The highest BCUT2D eigenvalue weighted by Crippen LogP contribution is 2.26. The third-order valence-electron chi connectivity index (χ3n) is 2.65. The van der Waals surface area contributed by atoms with Gasteiger partial charge in [-0.15, -0.1) is 18.2 Å². The third-order valence-corrected chi connectivity index (χ3v) is 4.02. The normalized spacial score (nSPS) is 25.1. The van der Waals surface area contributed by atoms with Crippen molar-refractivity contribution in [2.75, 3.05) is 5.75 Å². The van der Waals surface area contributed by atoms with E-state index < -0.39 is 5.54 Å². The van der Waals surface area contributed by atoms with Crippen LogP contribution in [0.15, 0.2) is 0 Å². The maximum Gasteiger partial charge on any atom is 0.234 e. The topological polar surface area (TPSA) is 29.1 Å². The lowest BCUT2D eigenvalue weighted by atomic mass is 10.00. The van der Waals surface area contributed by atoms with Crippen molar-refractivity contribution in [3.8, 4) is 12.3 Å². The first-order valence-electron chi connectivity index (χ1n) is 5.02. The second kappa shape index (κ2) is 4.75. The lowest BCUT2D eigenvalue weighted by Crippen LogP contribution is -2.47. The molecule has 1 N–H and O–H groups in total. The number of rotatable bonds is 3. The zero-order valence-corrected chi connectivity index (χ0v) is 9.62. The Balaban J connectivity index is 2.51. The van der Waals surface area contributed by atoms with Gasteiger partial charge in [-0.3, -0.25) is 4.79 Å². The summed E-state index contributed by atoms with van der Waals surface area (Å²) in [6.07, 6.45) is 8.29. The molecule has 0 aromatic carbocycles. The van der Waals surface area contributed by atoms with Gasteiger partial charge >= 0.3 is 0 Å². The average molecular weight is 211 g/mol. The zero-order valence-electron chi connectivity index (χ0n) is 8.80. The molecule has 1 aliphatic heterocycles. The lowest BCUT2D eigenvalue weighted by Gasteiger charge is -2.25. The molecule has 3 heteroatoms. The van der Waals surface area contributed by atoms with Gasteiger partial charge in [-0.1, -0.05) is 12.8 Å². The van der Waals surface area contributed by atoms with Crippen LogP contribution in [0.1, 0.15) is 33.1 Å². The fraction of sp³-hybridized carbons (Fsp3) is 0.727. The number of nitrogens with one attached hydrogen (secondary N) is 1. The standard InChI is InChI=1S/C11H17NOS/c1-4-11(3,5-2)12-10(13)9-7-6-8-14-9/h1,9H,5-8H2,2-3H3,(H,12,13). The van der Waals surface area contributed by atoms with Crippen molar-refractivity contribution >= 4 is 17.7 Å². The Morgan fingerprint density at radius 3 is 2.93 bits per heavy atom. The lowest BCUT2D eigenvalue weighted by molar-refractivity contribution is -0.121. The van der Waals surface area contributed by atoms with Crippen LogP contribution in [-0.4, -0.2) is 22.4 Å². The Kier molecular flexibility index (Phi) is 3.88. The van der Waals surface area contributed by atoms with E-state index in [1.165, 1.54) is 0 Å². The quantitative estimate of drug-likeness (QED) is 0.721. The van der Waals surface area contributed by atoms with E-state index in [2.05, 4.69) is 11.2 Å². The molecule has 1 saturated heterocycles. The van der Waals surface area contributed by atoms with Crippen LogP contribution in [0.4, 0.5) is 0 Å². The van der Waals surface area contributed by atoms with Crippen molar-refractivity contribution < 1.29 is 4.79 Å². The Labute approximate surface area is 90.2 Å². The number of thioether (sulfide) groups is 1. The van der Waals surface area contributed by atoms with Gasteiger partial charge in [-0.2, -0.15) is 0 Å². The Hall–Kier alpha value is -0.620. The van der Waals surface area contributed by atoms with Gasteiger partial charge in [0.2, 0.25) is 5.91 Å². The molecule has 1 heterocycles. The first-order chi connectivity index (χ1) is 6.61. The molecule has 0 aliphatic carbocycles. The number of hydrogen-bond acceptors (Lipinski definition) is 2. The van der Waals surface area contributed by atoms with Crippen molar-refractivity contribution in [2.45, 2.75) is 43.9 Å². The second-order valence-electron chi connectivity index (χ2n) is 3.82. The van der Waals surface area contributed by atoms with E-state index in [1.54, 1.807) is 11.8 Å². The van der Waals surface area contributed by atoms with Crippen LogP contribution in [-0.2, 0) is 4.79 Å². The zero-order chi connectivity index (χ0) is 10.6. The predicted molar refractivity (Wildman–Crippen MR) is 61.2 cm³/mol. The molecule has 0 bridgehead atoms. The van der Waals surface area contributed by atoms with Crippen LogP contribution >= 0.6 is 11.8 Å². The van der Waals surface area contributed by atoms with Gasteiger partial charge in [0.05, 0.1) is 10.8 Å². The molecule has 1 amide bonds. The molecular formula is C11H17NOS. The number of carbonyl (C=O) groups excluding carboxylic acids is 1. The van der Waals surface area contributed by atoms with E-state index in [9.17, 15) is 4.79 Å². The molecule has 0 aromatic rings. The Morgan fingerprint density at radius 2 is 2.50 bits per heavy atom. The monoisotopic (exact) mass is 211 g/mol. The highest BCUT2D eigenvalue weighted by Gasteiger charge is 2.28. The summed E-state index contributed by atoms with van der Waals surface area (Å²) in [5, 5.41) is 3.06. The summed E-state index contributed by atoms with van der Waals surface area (Å²) in [6.45, 7) is 3.88. The molecule has 0 radical (unpaired) electrons. The van der Waals surface area contributed by atoms with Gasteiger partial charge in [0, 0.05) is 0 Å². The first kappa shape index (κ1) is 11.5. The summed E-state index contributed by atoms with van der Waals surface area (Å²) >= 11 is 1.73. The number of amides is 1. The summed E-state index contributed by atoms with van der Waals surface area (Å²) in [5.41, 5.74) is -0.472. The predicted octanol–water partition coefficient (Wildman–Crippen LogP) is 1.80. The Morgan fingerprint density at radius 1 is 1.79 bits per heavy atom. The van der Waals surface area contributed by atoms with E-state index in [4.69, 9.17) is 6.42 Å². The summed E-state index contributed by atoms with van der Waals surface area (Å²) < 4.78 is 0. The highest BCUT2D eigenvalue weighted by atomic mass is 32.2. The number of carbonyl (C=O) groups is 1. The summed E-state index contributed by atoms with van der Waals surface area (Å²) in [5.74, 6) is 3.84. The molecule has 1 aliphatic rings. The molecule has 78 valence electrons. The largest absolute Gasteiger partial charge is 0.339 e. The van der Waals surface area contributed by atoms with Crippen molar-refractivity contribution in [2.24, 2.45) is 0 Å². The van der Waals surface area contributed by atoms with Gasteiger partial charge in [-0.05, 0) is 31.9 Å². The molecule has 2 atom stereocenters. The average Bonchev–Trinajstić information content (AvgIpc) is 2.70. The van der Waals surface area contributed by atoms with E-state index >= 15 is 0 Å². The summed E-state index contributed by atoms with van der Waals surface area (Å²) in [4.78, 5) is 11.8. The first-order valence-corrected chi connectivity index (χ1v) is 6.07. The van der Waals surface area contributed by atoms with Crippen molar-refractivity contribution in [3.63, 3.8) is 0 Å². The minimum absolute atomic E-state index is 0.106. The maximum absolute atomic E-state index is 11.8. The van der Waals surface area contributed by atoms with Crippen LogP contribution in [0.2, 0.25) is 0 Å². The molecule has 1 rings (SSSR count). The van der Waals surface area contributed by atoms with Gasteiger partial charge in [0.1, 0.15) is 0 Å². The van der Waals surface area contributed by atoms with Gasteiger partial charge in [-0.25, -0.2) is 0 Å². The van der Waals surface area contributed by atoms with E-state index in [0.717, 1.165) is 25.0 Å². The van der Waals surface area contributed by atoms with Crippen LogP contribution in [0, 0.1) is 12.3 Å². The van der Waals surface area contributed by atoms with Crippen molar-refractivity contribution in [3.05, 3.63) is 0 Å². The molecule has 0 saturated carbocycles. The third kappa shape index (κ3) is 2.68. The van der Waals surface area contributed by atoms with E-state index in [1.807, 2.05) is 13.8 Å². The fourth-order valence-electron chi connectivity index (χ4n) is 1.36. The molecule has 14 heavy (non-hydrogen) atoms. The van der Waals surface area contributed by atoms with Crippen molar-refractivity contribution in [1.82, 2.24) is 5.32 Å². The van der Waals surface area contributed by atoms with Gasteiger partial charge < -0.3 is 5.32 Å². The van der Waals surface area contributed by atoms with Crippen LogP contribution < -0.4 is 5.32 Å². The van der Waals surface area contributed by atoms with Crippen LogP contribution in [0.3, 0.4) is 0 Å². The van der Waals surface area contributed by atoms with Crippen LogP contribution in [0.5, 0.6) is 0 Å². The fourth-order valence-corrected chi connectivity index (χ4v) is 2.52.